The number of nitrogen functional groups attached to an aromatic ring is 1. The van der Waals surface area contributed by atoms with Crippen LogP contribution in [-0.2, 0) is 29.3 Å². The molecule has 0 saturated heterocycles. The second kappa shape index (κ2) is 5.38. The number of anilines is 1. The highest BCUT2D eigenvalue weighted by molar-refractivity contribution is 5.90. The Morgan fingerprint density at radius 1 is 1.26 bits per heavy atom. The van der Waals surface area contributed by atoms with E-state index in [2.05, 4.69) is 4.98 Å². The minimum Gasteiger partial charge on any atom is -0.458 e. The Bertz CT molecular complexity index is 1210. The number of aliphatic hydroxyl groups excluding tert-OH is 2. The van der Waals surface area contributed by atoms with E-state index >= 15 is 0 Å². The van der Waals surface area contributed by atoms with Gasteiger partial charge in [0.05, 0.1) is 35.6 Å². The van der Waals surface area contributed by atoms with Crippen LogP contribution in [0.1, 0.15) is 28.4 Å². The summed E-state index contributed by atoms with van der Waals surface area (Å²) < 4.78 is 6.42. The van der Waals surface area contributed by atoms with E-state index in [1.54, 1.807) is 24.3 Å². The van der Waals surface area contributed by atoms with Crippen LogP contribution >= 0.6 is 0 Å². The fourth-order valence-corrected chi connectivity index (χ4v) is 3.91. The first kappa shape index (κ1) is 16.0. The largest absolute Gasteiger partial charge is 0.458 e. The van der Waals surface area contributed by atoms with Crippen LogP contribution in [0.5, 0.6) is 0 Å². The van der Waals surface area contributed by atoms with E-state index in [-0.39, 0.29) is 36.4 Å². The molecule has 1 unspecified atom stereocenters. The van der Waals surface area contributed by atoms with E-state index in [0.29, 0.717) is 28.2 Å². The number of hydrogen-bond acceptors (Lipinski definition) is 7. The van der Waals surface area contributed by atoms with Gasteiger partial charge in [-0.25, -0.2) is 9.78 Å². The van der Waals surface area contributed by atoms with Gasteiger partial charge in [-0.05, 0) is 29.8 Å². The van der Waals surface area contributed by atoms with Gasteiger partial charge >= 0.3 is 5.97 Å². The number of benzene rings is 1. The average Bonchev–Trinajstić information content (AvgIpc) is 3.02. The lowest BCUT2D eigenvalue weighted by Gasteiger charge is -2.21. The summed E-state index contributed by atoms with van der Waals surface area (Å²) in [6, 6.07) is 6.85. The van der Waals surface area contributed by atoms with E-state index in [9.17, 15) is 19.8 Å². The van der Waals surface area contributed by atoms with E-state index in [1.165, 1.54) is 4.57 Å². The van der Waals surface area contributed by atoms with Gasteiger partial charge in [-0.15, -0.1) is 0 Å². The molecular weight excluding hydrogens is 350 g/mol. The molecule has 0 radical (unpaired) electrons. The Hall–Kier alpha value is -3.23. The molecule has 2 aliphatic heterocycles. The van der Waals surface area contributed by atoms with Crippen molar-refractivity contribution in [2.24, 2.45) is 0 Å². The number of nitrogens with zero attached hydrogens (tertiary/aromatic N) is 2. The highest BCUT2D eigenvalue weighted by Gasteiger charge is 2.34. The summed E-state index contributed by atoms with van der Waals surface area (Å²) in [5, 5.41) is 20.8. The molecule has 0 aliphatic carbocycles. The fraction of sp³-hybridized carbons (Fsp3) is 0.211. The summed E-state index contributed by atoms with van der Waals surface area (Å²) in [6.07, 6.45) is -1.49. The summed E-state index contributed by atoms with van der Waals surface area (Å²) in [5.41, 5.74) is 9.72. The van der Waals surface area contributed by atoms with Crippen LogP contribution in [0.3, 0.4) is 0 Å². The number of esters is 1. The van der Waals surface area contributed by atoms with E-state index in [4.69, 9.17) is 10.5 Å². The second-order valence-corrected chi connectivity index (χ2v) is 6.72. The predicted octanol–water partition coefficient (Wildman–Crippen LogP) is 0.590. The van der Waals surface area contributed by atoms with Gasteiger partial charge in [0.15, 0.2) is 6.10 Å². The molecule has 0 spiro atoms. The molecule has 0 bridgehead atoms. The van der Waals surface area contributed by atoms with Crippen LogP contribution in [-0.4, -0.2) is 25.7 Å². The number of rotatable bonds is 1. The predicted molar refractivity (Wildman–Crippen MR) is 95.6 cm³/mol. The third kappa shape index (κ3) is 2.08. The SMILES string of the molecule is Nc1ccc2nc3c(c(CO)c2c1)Cn1c-3cc2c(c1=O)COC(=O)C2O. The minimum absolute atomic E-state index is 0.167. The maximum absolute atomic E-state index is 12.9. The topological polar surface area (TPSA) is 128 Å². The zero-order valence-corrected chi connectivity index (χ0v) is 14.1. The van der Waals surface area contributed by atoms with Crippen molar-refractivity contribution in [3.8, 4) is 11.4 Å². The molecular formula is C19H15N3O5. The van der Waals surface area contributed by atoms with Crippen molar-refractivity contribution < 1.29 is 19.7 Å². The molecule has 4 heterocycles. The number of fused-ring (bicyclic) bond motifs is 5. The third-order valence-corrected chi connectivity index (χ3v) is 5.26. The number of aliphatic hydroxyl groups is 2. The standard InChI is InChI=1S/C19H15N3O5/c20-8-1-2-14-9(3-8)12(6-23)11-5-22-15(16(11)21-14)4-10-13(18(22)25)7-27-19(26)17(10)24/h1-4,17,23-24H,5-7,20H2. The van der Waals surface area contributed by atoms with Crippen LogP contribution in [0.2, 0.25) is 0 Å². The average molecular weight is 365 g/mol. The molecule has 27 heavy (non-hydrogen) atoms. The van der Waals surface area contributed by atoms with Gasteiger partial charge in [-0.2, -0.15) is 0 Å². The van der Waals surface area contributed by atoms with Crippen LogP contribution < -0.4 is 11.3 Å². The minimum atomic E-state index is -1.49. The Labute approximate surface area is 152 Å². The van der Waals surface area contributed by atoms with Crippen molar-refractivity contribution in [2.75, 3.05) is 5.73 Å². The van der Waals surface area contributed by atoms with Gasteiger partial charge in [-0.3, -0.25) is 4.79 Å². The van der Waals surface area contributed by atoms with Crippen LogP contribution in [0.25, 0.3) is 22.3 Å². The lowest BCUT2D eigenvalue weighted by atomic mass is 9.98. The first-order valence-electron chi connectivity index (χ1n) is 8.43. The molecule has 4 N–H and O–H groups in total. The normalized spacial score (nSPS) is 17.4. The van der Waals surface area contributed by atoms with Crippen molar-refractivity contribution in [1.82, 2.24) is 9.55 Å². The molecule has 3 aromatic rings. The number of cyclic esters (lactones) is 1. The summed E-state index contributed by atoms with van der Waals surface area (Å²) >= 11 is 0. The zero-order valence-electron chi connectivity index (χ0n) is 14.1. The molecule has 8 nitrogen and oxygen atoms in total. The number of ether oxygens (including phenoxy) is 1. The molecule has 2 aromatic heterocycles. The Balaban J connectivity index is 1.83. The Morgan fingerprint density at radius 3 is 2.85 bits per heavy atom. The molecule has 1 aromatic carbocycles. The number of hydrogen-bond donors (Lipinski definition) is 3. The summed E-state index contributed by atoms with van der Waals surface area (Å²) in [4.78, 5) is 29.3. The number of carbonyl (C=O) groups excluding carboxylic acids is 1. The quantitative estimate of drug-likeness (QED) is 0.333. The molecule has 0 fully saturated rings. The monoisotopic (exact) mass is 365 g/mol. The zero-order chi connectivity index (χ0) is 18.9. The maximum atomic E-state index is 12.9. The van der Waals surface area contributed by atoms with Crippen LogP contribution in [0, 0.1) is 0 Å². The molecule has 0 saturated carbocycles. The molecule has 2 aliphatic rings. The number of pyridine rings is 2. The second-order valence-electron chi connectivity index (χ2n) is 6.72. The highest BCUT2D eigenvalue weighted by atomic mass is 16.5. The van der Waals surface area contributed by atoms with Gasteiger partial charge in [0.25, 0.3) is 5.56 Å². The van der Waals surface area contributed by atoms with Gasteiger partial charge in [-0.1, -0.05) is 0 Å². The van der Waals surface area contributed by atoms with Crippen molar-refractivity contribution in [2.45, 2.75) is 25.9 Å². The van der Waals surface area contributed by atoms with E-state index < -0.39 is 12.1 Å². The molecule has 1 atom stereocenters. The van der Waals surface area contributed by atoms with Crippen LogP contribution in [0.4, 0.5) is 5.69 Å². The molecule has 5 rings (SSSR count). The van der Waals surface area contributed by atoms with E-state index in [0.717, 1.165) is 10.9 Å². The summed E-state index contributed by atoms with van der Waals surface area (Å²) in [7, 11) is 0. The third-order valence-electron chi connectivity index (χ3n) is 5.26. The molecule has 0 amide bonds. The van der Waals surface area contributed by atoms with Gasteiger partial charge in [0.1, 0.15) is 6.61 Å². The van der Waals surface area contributed by atoms with Gasteiger partial charge in [0.2, 0.25) is 0 Å². The highest BCUT2D eigenvalue weighted by Crippen LogP contribution is 2.38. The van der Waals surface area contributed by atoms with Gasteiger partial charge < -0.3 is 25.3 Å². The number of aromatic nitrogens is 2. The molecule has 136 valence electrons. The van der Waals surface area contributed by atoms with Crippen molar-refractivity contribution >= 4 is 22.6 Å². The maximum Gasteiger partial charge on any atom is 0.340 e. The lowest BCUT2D eigenvalue weighted by Crippen LogP contribution is -2.32. The lowest BCUT2D eigenvalue weighted by molar-refractivity contribution is -0.157. The number of carbonyl (C=O) groups is 1. The fourth-order valence-electron chi connectivity index (χ4n) is 3.91. The Kier molecular flexibility index (Phi) is 3.19. The summed E-state index contributed by atoms with van der Waals surface area (Å²) in [6.45, 7) is -0.147. The smallest absolute Gasteiger partial charge is 0.340 e. The van der Waals surface area contributed by atoms with Crippen molar-refractivity contribution in [3.05, 3.63) is 56.9 Å². The van der Waals surface area contributed by atoms with Gasteiger partial charge in [0, 0.05) is 22.2 Å². The van der Waals surface area contributed by atoms with Crippen molar-refractivity contribution in [3.63, 3.8) is 0 Å². The van der Waals surface area contributed by atoms with Crippen LogP contribution in [0.15, 0.2) is 29.1 Å². The number of nitrogens with two attached hydrogens (primary N) is 1. The summed E-state index contributed by atoms with van der Waals surface area (Å²) in [5.74, 6) is -0.775. The molecule has 8 heteroatoms. The Morgan fingerprint density at radius 2 is 2.07 bits per heavy atom. The van der Waals surface area contributed by atoms with E-state index in [1.807, 2.05) is 0 Å². The first-order chi connectivity index (χ1) is 13.0. The first-order valence-corrected chi connectivity index (χ1v) is 8.43. The van der Waals surface area contributed by atoms with Crippen molar-refractivity contribution in [1.29, 1.82) is 0 Å².